The first-order valence-corrected chi connectivity index (χ1v) is 8.11. The number of aliphatic hydroxyl groups is 1. The molecule has 122 valence electrons. The SMILES string of the molecule is CC(C)(O)CCc1cccc(C(=O)NCC[C@@H]2CCOC2)c1. The highest BCUT2D eigenvalue weighted by Gasteiger charge is 2.16. The van der Waals surface area contributed by atoms with Gasteiger partial charge in [0.1, 0.15) is 0 Å². The summed E-state index contributed by atoms with van der Waals surface area (Å²) in [6, 6.07) is 7.65. The van der Waals surface area contributed by atoms with E-state index in [0.717, 1.165) is 38.0 Å². The van der Waals surface area contributed by atoms with Gasteiger partial charge in [0, 0.05) is 25.3 Å². The summed E-state index contributed by atoms with van der Waals surface area (Å²) in [5, 5.41) is 12.8. The average Bonchev–Trinajstić information content (AvgIpc) is 2.98. The van der Waals surface area contributed by atoms with Crippen molar-refractivity contribution in [1.29, 1.82) is 0 Å². The normalized spacial score (nSPS) is 18.4. The van der Waals surface area contributed by atoms with Crippen LogP contribution in [0.15, 0.2) is 24.3 Å². The van der Waals surface area contributed by atoms with Gasteiger partial charge in [-0.05, 0) is 63.1 Å². The van der Waals surface area contributed by atoms with Crippen LogP contribution in [0.1, 0.15) is 49.0 Å². The van der Waals surface area contributed by atoms with Crippen molar-refractivity contribution < 1.29 is 14.6 Å². The van der Waals surface area contributed by atoms with Gasteiger partial charge in [-0.2, -0.15) is 0 Å². The molecule has 0 aromatic heterocycles. The molecule has 0 radical (unpaired) electrons. The van der Waals surface area contributed by atoms with Crippen LogP contribution >= 0.6 is 0 Å². The van der Waals surface area contributed by atoms with E-state index in [1.54, 1.807) is 13.8 Å². The molecule has 1 fully saturated rings. The molecule has 2 N–H and O–H groups in total. The number of carbonyl (C=O) groups is 1. The molecule has 1 amide bonds. The maximum atomic E-state index is 12.2. The predicted octanol–water partition coefficient (Wildman–Crippen LogP) is 2.55. The molecule has 1 heterocycles. The molecular formula is C18H27NO3. The van der Waals surface area contributed by atoms with E-state index in [1.165, 1.54) is 0 Å². The molecule has 22 heavy (non-hydrogen) atoms. The molecule has 0 unspecified atom stereocenters. The van der Waals surface area contributed by atoms with Gasteiger partial charge in [0.25, 0.3) is 5.91 Å². The second-order valence-electron chi connectivity index (χ2n) is 6.79. The van der Waals surface area contributed by atoms with Crippen molar-refractivity contribution in [1.82, 2.24) is 5.32 Å². The van der Waals surface area contributed by atoms with Gasteiger partial charge in [-0.25, -0.2) is 0 Å². The summed E-state index contributed by atoms with van der Waals surface area (Å²) in [4.78, 5) is 12.2. The Morgan fingerprint density at radius 3 is 2.95 bits per heavy atom. The van der Waals surface area contributed by atoms with E-state index >= 15 is 0 Å². The zero-order valence-electron chi connectivity index (χ0n) is 13.6. The summed E-state index contributed by atoms with van der Waals surface area (Å²) in [5.41, 5.74) is 1.09. The summed E-state index contributed by atoms with van der Waals surface area (Å²) < 4.78 is 5.34. The Hall–Kier alpha value is -1.39. The van der Waals surface area contributed by atoms with Crippen LogP contribution in [0.4, 0.5) is 0 Å². The van der Waals surface area contributed by atoms with Crippen molar-refractivity contribution in [3.8, 4) is 0 Å². The molecule has 1 saturated heterocycles. The number of nitrogens with one attached hydrogen (secondary N) is 1. The highest BCUT2D eigenvalue weighted by Crippen LogP contribution is 2.16. The van der Waals surface area contributed by atoms with E-state index in [9.17, 15) is 9.90 Å². The van der Waals surface area contributed by atoms with Crippen LogP contribution in [0.5, 0.6) is 0 Å². The molecule has 0 spiro atoms. The molecule has 1 aliphatic heterocycles. The fraction of sp³-hybridized carbons (Fsp3) is 0.611. The van der Waals surface area contributed by atoms with Crippen LogP contribution in [0.25, 0.3) is 0 Å². The third-order valence-corrected chi connectivity index (χ3v) is 4.08. The van der Waals surface area contributed by atoms with Crippen molar-refractivity contribution in [3.63, 3.8) is 0 Å². The quantitative estimate of drug-likeness (QED) is 0.814. The average molecular weight is 305 g/mol. The van der Waals surface area contributed by atoms with Crippen molar-refractivity contribution in [2.45, 2.75) is 45.1 Å². The molecule has 4 heteroatoms. The number of hydrogen-bond acceptors (Lipinski definition) is 3. The van der Waals surface area contributed by atoms with Gasteiger partial charge in [0.15, 0.2) is 0 Å². The number of aryl methyl sites for hydroxylation is 1. The zero-order valence-corrected chi connectivity index (χ0v) is 13.6. The van der Waals surface area contributed by atoms with E-state index in [-0.39, 0.29) is 5.91 Å². The highest BCUT2D eigenvalue weighted by molar-refractivity contribution is 5.94. The minimum absolute atomic E-state index is 0.0241. The molecule has 4 nitrogen and oxygen atoms in total. The Morgan fingerprint density at radius 1 is 1.45 bits per heavy atom. The molecule has 2 rings (SSSR count). The Morgan fingerprint density at radius 2 is 2.27 bits per heavy atom. The molecule has 1 aromatic rings. The monoisotopic (exact) mass is 305 g/mol. The van der Waals surface area contributed by atoms with Crippen molar-refractivity contribution >= 4 is 5.91 Å². The lowest BCUT2D eigenvalue weighted by Crippen LogP contribution is -2.26. The molecule has 0 saturated carbocycles. The van der Waals surface area contributed by atoms with E-state index in [1.807, 2.05) is 24.3 Å². The summed E-state index contributed by atoms with van der Waals surface area (Å²) in [6.07, 6.45) is 3.52. The van der Waals surface area contributed by atoms with E-state index in [0.29, 0.717) is 24.4 Å². The minimum Gasteiger partial charge on any atom is -0.390 e. The van der Waals surface area contributed by atoms with Gasteiger partial charge in [0.05, 0.1) is 5.60 Å². The predicted molar refractivity (Wildman–Crippen MR) is 86.9 cm³/mol. The maximum absolute atomic E-state index is 12.2. The largest absolute Gasteiger partial charge is 0.390 e. The van der Waals surface area contributed by atoms with Gasteiger partial charge in [0.2, 0.25) is 0 Å². The van der Waals surface area contributed by atoms with Gasteiger partial charge in [-0.1, -0.05) is 12.1 Å². The number of carbonyl (C=O) groups excluding carboxylic acids is 1. The zero-order chi connectivity index (χ0) is 16.0. The first-order chi connectivity index (χ1) is 10.4. The summed E-state index contributed by atoms with van der Waals surface area (Å²) in [5.74, 6) is 0.558. The summed E-state index contributed by atoms with van der Waals surface area (Å²) >= 11 is 0. The lowest BCUT2D eigenvalue weighted by Gasteiger charge is -2.16. The number of benzene rings is 1. The number of ether oxygens (including phenoxy) is 1. The molecule has 0 bridgehead atoms. The lowest BCUT2D eigenvalue weighted by atomic mass is 9.98. The third-order valence-electron chi connectivity index (χ3n) is 4.08. The molecule has 0 aliphatic carbocycles. The molecule has 1 atom stereocenters. The van der Waals surface area contributed by atoms with Crippen molar-refractivity contribution in [2.24, 2.45) is 5.92 Å². The smallest absolute Gasteiger partial charge is 0.251 e. The summed E-state index contributed by atoms with van der Waals surface area (Å²) in [7, 11) is 0. The van der Waals surface area contributed by atoms with Crippen LogP contribution in [0.3, 0.4) is 0 Å². The van der Waals surface area contributed by atoms with Crippen LogP contribution in [-0.4, -0.2) is 36.4 Å². The fourth-order valence-corrected chi connectivity index (χ4v) is 2.62. The second-order valence-corrected chi connectivity index (χ2v) is 6.79. The number of amides is 1. The van der Waals surface area contributed by atoms with Crippen molar-refractivity contribution in [2.75, 3.05) is 19.8 Å². The Kier molecular flexibility index (Phi) is 5.98. The summed E-state index contributed by atoms with van der Waals surface area (Å²) in [6.45, 7) is 5.97. The number of rotatable bonds is 7. The van der Waals surface area contributed by atoms with Crippen LogP contribution < -0.4 is 5.32 Å². The van der Waals surface area contributed by atoms with Crippen molar-refractivity contribution in [3.05, 3.63) is 35.4 Å². The third kappa shape index (κ3) is 5.78. The standard InChI is InChI=1S/C18H27NO3/c1-18(2,21)9-6-14-4-3-5-16(12-14)17(20)19-10-7-15-8-11-22-13-15/h3-5,12,15,21H,6-11,13H2,1-2H3,(H,19,20)/t15-/m1/s1. The van der Waals surface area contributed by atoms with Crippen LogP contribution in [0.2, 0.25) is 0 Å². The topological polar surface area (TPSA) is 58.6 Å². The Bertz CT molecular complexity index is 487. The van der Waals surface area contributed by atoms with Gasteiger partial charge < -0.3 is 15.2 Å². The Balaban J connectivity index is 1.81. The highest BCUT2D eigenvalue weighted by atomic mass is 16.5. The first-order valence-electron chi connectivity index (χ1n) is 8.11. The molecule has 1 aliphatic rings. The number of hydrogen-bond donors (Lipinski definition) is 2. The van der Waals surface area contributed by atoms with E-state index in [4.69, 9.17) is 4.74 Å². The minimum atomic E-state index is -0.679. The second kappa shape index (κ2) is 7.75. The van der Waals surface area contributed by atoms with E-state index in [2.05, 4.69) is 5.32 Å². The molecular weight excluding hydrogens is 278 g/mol. The van der Waals surface area contributed by atoms with Crippen LogP contribution in [-0.2, 0) is 11.2 Å². The van der Waals surface area contributed by atoms with Gasteiger partial charge >= 0.3 is 0 Å². The lowest BCUT2D eigenvalue weighted by molar-refractivity contribution is 0.0714. The van der Waals surface area contributed by atoms with Gasteiger partial charge in [-0.15, -0.1) is 0 Å². The molecule has 1 aromatic carbocycles. The maximum Gasteiger partial charge on any atom is 0.251 e. The first kappa shape index (κ1) is 17.0. The van der Waals surface area contributed by atoms with Gasteiger partial charge in [-0.3, -0.25) is 4.79 Å². The van der Waals surface area contributed by atoms with E-state index < -0.39 is 5.60 Å². The Labute approximate surface area is 132 Å². The van der Waals surface area contributed by atoms with Crippen LogP contribution in [0, 0.1) is 5.92 Å². The fourth-order valence-electron chi connectivity index (χ4n) is 2.62.